The number of fused-ring (bicyclic) bond motifs is 1. The minimum Gasteiger partial charge on any atom is -0.470 e. The fourth-order valence-electron chi connectivity index (χ4n) is 4.69. The molecule has 10 heteroatoms. The van der Waals surface area contributed by atoms with Crippen molar-refractivity contribution in [3.05, 3.63) is 53.6 Å². The van der Waals surface area contributed by atoms with Crippen molar-refractivity contribution in [3.8, 4) is 17.3 Å². The van der Waals surface area contributed by atoms with E-state index in [1.54, 1.807) is 0 Å². The Balaban J connectivity index is 1.53. The number of benzene rings is 1. The number of rotatable bonds is 5. The van der Waals surface area contributed by atoms with Crippen LogP contribution in [0.1, 0.15) is 36.2 Å². The van der Waals surface area contributed by atoms with E-state index in [-0.39, 0.29) is 0 Å². The van der Waals surface area contributed by atoms with Crippen molar-refractivity contribution in [1.82, 2.24) is 34.2 Å². The number of carboxylic acid groups (broad SMARTS) is 1. The van der Waals surface area contributed by atoms with Gasteiger partial charge >= 0.3 is 6.09 Å². The maximum atomic E-state index is 11.9. The number of hydrogen-bond acceptors (Lipinski definition) is 6. The van der Waals surface area contributed by atoms with E-state index in [1.807, 2.05) is 67.5 Å². The summed E-state index contributed by atoms with van der Waals surface area (Å²) in [6.45, 7) is 7.22. The highest BCUT2D eigenvalue weighted by Crippen LogP contribution is 2.37. The third-order valence-corrected chi connectivity index (χ3v) is 6.54. The van der Waals surface area contributed by atoms with E-state index >= 15 is 0 Å². The second kappa shape index (κ2) is 8.44. The maximum Gasteiger partial charge on any atom is 0.407 e. The molecule has 1 saturated heterocycles. The average Bonchev–Trinajstić information content (AvgIpc) is 3.50. The summed E-state index contributed by atoms with van der Waals surface area (Å²) < 4.78 is 10.2. The summed E-state index contributed by atoms with van der Waals surface area (Å²) in [7, 11) is 1.90. The molecule has 2 atom stereocenters. The average molecular weight is 462 g/mol. The topological polar surface area (TPSA) is 111 Å². The van der Waals surface area contributed by atoms with Crippen LogP contribution in [-0.2, 0) is 13.6 Å². The van der Waals surface area contributed by atoms with Gasteiger partial charge in [-0.05, 0) is 26.3 Å². The molecule has 0 radical (unpaired) electrons. The number of carbonyl (C=O) groups is 1. The van der Waals surface area contributed by atoms with E-state index in [9.17, 15) is 9.90 Å². The third-order valence-electron chi connectivity index (χ3n) is 6.54. The monoisotopic (exact) mass is 461 g/mol. The van der Waals surface area contributed by atoms with Gasteiger partial charge in [-0.1, -0.05) is 29.8 Å². The van der Waals surface area contributed by atoms with Gasteiger partial charge in [0.15, 0.2) is 11.2 Å². The van der Waals surface area contributed by atoms with Crippen LogP contribution < -0.4 is 4.74 Å². The molecule has 3 aromatic heterocycles. The second-order valence-corrected chi connectivity index (χ2v) is 8.58. The highest BCUT2D eigenvalue weighted by molar-refractivity contribution is 5.81. The van der Waals surface area contributed by atoms with Crippen LogP contribution >= 0.6 is 0 Å². The molecule has 34 heavy (non-hydrogen) atoms. The molecular formula is C24H27N7O3. The van der Waals surface area contributed by atoms with Crippen molar-refractivity contribution in [2.24, 2.45) is 7.05 Å². The molecule has 1 amide bonds. The van der Waals surface area contributed by atoms with Crippen molar-refractivity contribution < 1.29 is 14.6 Å². The number of imidazole rings is 1. The fourth-order valence-corrected chi connectivity index (χ4v) is 4.69. The summed E-state index contributed by atoms with van der Waals surface area (Å²) >= 11 is 0. The van der Waals surface area contributed by atoms with Gasteiger partial charge in [-0.2, -0.15) is 10.1 Å². The predicted octanol–water partition coefficient (Wildman–Crippen LogP) is 3.74. The molecule has 5 rings (SSSR count). The molecule has 0 bridgehead atoms. The number of aromatic nitrogens is 6. The Morgan fingerprint density at radius 3 is 2.65 bits per heavy atom. The molecule has 176 valence electrons. The van der Waals surface area contributed by atoms with Crippen LogP contribution in [0, 0.1) is 13.8 Å². The van der Waals surface area contributed by atoms with Gasteiger partial charge in [0.05, 0.1) is 17.8 Å². The van der Waals surface area contributed by atoms with Gasteiger partial charge in [-0.25, -0.2) is 14.8 Å². The zero-order chi connectivity index (χ0) is 24.0. The van der Waals surface area contributed by atoms with Crippen molar-refractivity contribution in [3.63, 3.8) is 0 Å². The smallest absolute Gasteiger partial charge is 0.407 e. The predicted molar refractivity (Wildman–Crippen MR) is 126 cm³/mol. The van der Waals surface area contributed by atoms with Gasteiger partial charge in [0, 0.05) is 32.3 Å². The first-order valence-electron chi connectivity index (χ1n) is 11.3. The Morgan fingerprint density at radius 2 is 1.97 bits per heavy atom. The van der Waals surface area contributed by atoms with E-state index in [0.717, 1.165) is 34.8 Å². The first-order chi connectivity index (χ1) is 16.4. The lowest BCUT2D eigenvalue weighted by atomic mass is 10.0. The van der Waals surface area contributed by atoms with E-state index in [4.69, 9.17) is 9.72 Å². The Labute approximate surface area is 196 Å². The summed E-state index contributed by atoms with van der Waals surface area (Å²) in [5.41, 5.74) is 5.13. The Bertz CT molecular complexity index is 1360. The van der Waals surface area contributed by atoms with Crippen molar-refractivity contribution in [2.75, 3.05) is 6.54 Å². The van der Waals surface area contributed by atoms with Gasteiger partial charge < -0.3 is 14.4 Å². The molecule has 1 N–H and O–H groups in total. The minimum atomic E-state index is -0.965. The maximum absolute atomic E-state index is 11.9. The zero-order valence-electron chi connectivity index (χ0n) is 19.6. The molecule has 4 aromatic rings. The number of hydrogen-bond donors (Lipinski definition) is 1. The van der Waals surface area contributed by atoms with Crippen LogP contribution in [0.15, 0.2) is 36.8 Å². The highest BCUT2D eigenvalue weighted by Gasteiger charge is 2.40. The van der Waals surface area contributed by atoms with Gasteiger partial charge in [-0.3, -0.25) is 9.58 Å². The van der Waals surface area contributed by atoms with Crippen LogP contribution in [0.5, 0.6) is 5.88 Å². The molecule has 0 saturated carbocycles. The van der Waals surface area contributed by atoms with Crippen LogP contribution in [0.2, 0.25) is 0 Å². The van der Waals surface area contributed by atoms with Crippen molar-refractivity contribution >= 4 is 17.3 Å². The van der Waals surface area contributed by atoms with Gasteiger partial charge in [-0.15, -0.1) is 0 Å². The quantitative estimate of drug-likeness (QED) is 0.482. The van der Waals surface area contributed by atoms with Crippen molar-refractivity contribution in [2.45, 2.75) is 45.9 Å². The normalized spacial score (nSPS) is 18.1. The van der Waals surface area contributed by atoms with E-state index in [2.05, 4.69) is 15.1 Å². The molecule has 1 fully saturated rings. The SMILES string of the molecule is CCn1ncc(-c2nc3c(OC4CCN(C(=O)O)C4c4ccc(C)cc4)ncnc3n2C)c1C. The first kappa shape index (κ1) is 21.9. The Kier molecular flexibility index (Phi) is 5.43. The van der Waals surface area contributed by atoms with Gasteiger partial charge in [0.2, 0.25) is 5.88 Å². The zero-order valence-corrected chi connectivity index (χ0v) is 19.6. The summed E-state index contributed by atoms with van der Waals surface area (Å²) in [5.74, 6) is 1.08. The lowest BCUT2D eigenvalue weighted by Crippen LogP contribution is -2.34. The van der Waals surface area contributed by atoms with Crippen LogP contribution in [-0.4, -0.2) is 58.0 Å². The molecule has 1 aliphatic heterocycles. The molecular weight excluding hydrogens is 434 g/mol. The van der Waals surface area contributed by atoms with E-state index in [1.165, 1.54) is 11.2 Å². The molecule has 0 spiro atoms. The number of aryl methyl sites for hydroxylation is 3. The number of nitrogens with zero attached hydrogens (tertiary/aromatic N) is 7. The van der Waals surface area contributed by atoms with Crippen LogP contribution in [0.25, 0.3) is 22.6 Å². The molecule has 4 heterocycles. The lowest BCUT2D eigenvalue weighted by molar-refractivity contribution is 0.110. The molecule has 1 aromatic carbocycles. The highest BCUT2D eigenvalue weighted by atomic mass is 16.5. The Hall–Kier alpha value is -3.95. The van der Waals surface area contributed by atoms with Gasteiger partial charge in [0.25, 0.3) is 0 Å². The van der Waals surface area contributed by atoms with Crippen LogP contribution in [0.4, 0.5) is 4.79 Å². The second-order valence-electron chi connectivity index (χ2n) is 8.58. The standard InChI is InChI=1S/C24H27N7O3/c1-5-31-15(3)17(12-27-31)21-28-19-22(29(21)4)25-13-26-23(19)34-18-10-11-30(24(32)33)20(18)16-8-6-14(2)7-9-16/h6-9,12-13,18,20H,5,10-11H2,1-4H3,(H,32,33). The summed E-state index contributed by atoms with van der Waals surface area (Å²) in [4.78, 5) is 27.0. The first-order valence-corrected chi connectivity index (χ1v) is 11.3. The fraction of sp³-hybridized carbons (Fsp3) is 0.375. The number of amides is 1. The molecule has 1 aliphatic rings. The number of ether oxygens (including phenoxy) is 1. The minimum absolute atomic E-state index is 0.349. The third kappa shape index (κ3) is 3.55. The summed E-state index contributed by atoms with van der Waals surface area (Å²) in [5, 5.41) is 14.2. The molecule has 2 unspecified atom stereocenters. The van der Waals surface area contributed by atoms with Crippen LogP contribution in [0.3, 0.4) is 0 Å². The van der Waals surface area contributed by atoms with E-state index in [0.29, 0.717) is 30.0 Å². The lowest BCUT2D eigenvalue weighted by Gasteiger charge is -2.26. The largest absolute Gasteiger partial charge is 0.470 e. The Morgan fingerprint density at radius 1 is 1.21 bits per heavy atom. The summed E-state index contributed by atoms with van der Waals surface area (Å²) in [6, 6.07) is 7.45. The molecule has 0 aliphatic carbocycles. The number of likely N-dealkylation sites (tertiary alicyclic amines) is 1. The van der Waals surface area contributed by atoms with Crippen molar-refractivity contribution in [1.29, 1.82) is 0 Å². The van der Waals surface area contributed by atoms with Gasteiger partial charge in [0.1, 0.15) is 18.3 Å². The molecule has 10 nitrogen and oxygen atoms in total. The summed E-state index contributed by atoms with van der Waals surface area (Å²) in [6.07, 6.45) is 2.46. The van der Waals surface area contributed by atoms with E-state index < -0.39 is 18.2 Å².